The first kappa shape index (κ1) is 14.8. The third-order valence-corrected chi connectivity index (χ3v) is 4.08. The summed E-state index contributed by atoms with van der Waals surface area (Å²) in [6.07, 6.45) is 1.17. The average molecular weight is 316 g/mol. The Bertz CT molecular complexity index is 702. The van der Waals surface area contributed by atoms with Gasteiger partial charge in [0.2, 0.25) is 5.88 Å². The number of sulfonamides is 1. The van der Waals surface area contributed by atoms with Crippen LogP contribution in [0, 0.1) is 0 Å². The summed E-state index contributed by atoms with van der Waals surface area (Å²) in [5, 5.41) is 4.06. The maximum atomic E-state index is 12.1. The van der Waals surface area contributed by atoms with E-state index in [1.807, 2.05) is 20.8 Å². The zero-order valence-electron chi connectivity index (χ0n) is 11.2. The fraction of sp³-hybridized carbons (Fsp3) is 0.333. The molecule has 2 rings (SSSR count). The van der Waals surface area contributed by atoms with Gasteiger partial charge in [-0.3, -0.25) is 0 Å². The van der Waals surface area contributed by atoms with Crippen molar-refractivity contribution in [2.45, 2.75) is 31.1 Å². The number of nitrogens with zero attached hydrogens (tertiary/aromatic N) is 2. The van der Waals surface area contributed by atoms with Gasteiger partial charge >= 0.3 is 0 Å². The second-order valence-electron chi connectivity index (χ2n) is 5.25. The summed E-state index contributed by atoms with van der Waals surface area (Å²) < 4.78 is 31.5. The van der Waals surface area contributed by atoms with Crippen molar-refractivity contribution >= 4 is 27.5 Å². The summed E-state index contributed by atoms with van der Waals surface area (Å²) in [7, 11) is -3.77. The van der Waals surface area contributed by atoms with Crippen molar-refractivity contribution in [1.82, 2.24) is 10.1 Å². The van der Waals surface area contributed by atoms with Crippen LogP contribution in [0.15, 0.2) is 33.8 Å². The van der Waals surface area contributed by atoms with E-state index in [4.69, 9.17) is 16.1 Å². The van der Waals surface area contributed by atoms with E-state index < -0.39 is 10.0 Å². The maximum Gasteiger partial charge on any atom is 0.265 e. The van der Waals surface area contributed by atoms with Gasteiger partial charge in [0.25, 0.3) is 10.0 Å². The lowest BCUT2D eigenvalue weighted by Gasteiger charge is -2.12. The Kier molecular flexibility index (Phi) is 3.75. The quantitative estimate of drug-likeness (QED) is 0.880. The minimum atomic E-state index is -3.77. The summed E-state index contributed by atoms with van der Waals surface area (Å²) in [6.45, 7) is 5.85. The van der Waals surface area contributed by atoms with Gasteiger partial charge in [-0.25, -0.2) is 18.1 Å². The Balaban J connectivity index is 2.25. The van der Waals surface area contributed by atoms with Gasteiger partial charge in [-0.2, -0.15) is 0 Å². The molecule has 0 aliphatic rings. The molecule has 2 aromatic heterocycles. The van der Waals surface area contributed by atoms with Crippen LogP contribution in [0.25, 0.3) is 0 Å². The molecular weight excluding hydrogens is 302 g/mol. The Morgan fingerprint density at radius 2 is 2.00 bits per heavy atom. The van der Waals surface area contributed by atoms with Crippen LogP contribution in [0.3, 0.4) is 0 Å². The number of pyridine rings is 1. The van der Waals surface area contributed by atoms with Crippen LogP contribution >= 0.6 is 11.6 Å². The van der Waals surface area contributed by atoms with Crippen molar-refractivity contribution in [3.8, 4) is 0 Å². The minimum absolute atomic E-state index is 0.00407. The molecular formula is C12H14ClN3O3S. The van der Waals surface area contributed by atoms with E-state index in [0.717, 1.165) is 0 Å². The number of hydrogen-bond acceptors (Lipinski definition) is 5. The number of nitrogens with one attached hydrogen (secondary N) is 1. The number of anilines is 1. The van der Waals surface area contributed by atoms with Crippen LogP contribution in [0.2, 0.25) is 5.15 Å². The highest BCUT2D eigenvalue weighted by Gasteiger charge is 2.22. The van der Waals surface area contributed by atoms with Crippen LogP contribution in [-0.4, -0.2) is 18.6 Å². The summed E-state index contributed by atoms with van der Waals surface area (Å²) in [4.78, 5) is 3.73. The molecule has 0 aromatic carbocycles. The molecule has 0 aliphatic heterocycles. The first-order chi connectivity index (χ1) is 9.18. The molecule has 0 atom stereocenters. The standard InChI is InChI=1S/C12H14ClN3O3S/c1-12(2,3)9-6-11(19-15-9)16-20(17,18)8-4-5-10(13)14-7-8/h4-7,16H,1-3H3. The van der Waals surface area contributed by atoms with Crippen molar-refractivity contribution in [3.05, 3.63) is 35.2 Å². The molecule has 0 saturated carbocycles. The van der Waals surface area contributed by atoms with Crippen molar-refractivity contribution in [2.75, 3.05) is 4.72 Å². The molecule has 20 heavy (non-hydrogen) atoms. The highest BCUT2D eigenvalue weighted by atomic mass is 35.5. The lowest BCUT2D eigenvalue weighted by Crippen LogP contribution is -2.13. The molecule has 8 heteroatoms. The third kappa shape index (κ3) is 3.29. The van der Waals surface area contributed by atoms with E-state index in [-0.39, 0.29) is 21.3 Å². The summed E-state index contributed by atoms with van der Waals surface area (Å²) >= 11 is 5.62. The Hall–Kier alpha value is -1.60. The van der Waals surface area contributed by atoms with Gasteiger partial charge in [-0.05, 0) is 12.1 Å². The van der Waals surface area contributed by atoms with E-state index in [1.54, 1.807) is 6.07 Å². The summed E-state index contributed by atoms with van der Waals surface area (Å²) in [6, 6.07) is 4.32. The van der Waals surface area contributed by atoms with E-state index in [1.165, 1.54) is 18.3 Å². The molecule has 0 unspecified atom stereocenters. The maximum absolute atomic E-state index is 12.1. The monoisotopic (exact) mass is 315 g/mol. The first-order valence-electron chi connectivity index (χ1n) is 5.80. The molecule has 2 aromatic rings. The molecule has 108 valence electrons. The first-order valence-corrected chi connectivity index (χ1v) is 7.66. The fourth-order valence-corrected chi connectivity index (χ4v) is 2.42. The van der Waals surface area contributed by atoms with E-state index >= 15 is 0 Å². The van der Waals surface area contributed by atoms with Gasteiger partial charge in [0.1, 0.15) is 10.0 Å². The van der Waals surface area contributed by atoms with Gasteiger partial charge in [0, 0.05) is 17.7 Å². The molecule has 6 nitrogen and oxygen atoms in total. The average Bonchev–Trinajstić information content (AvgIpc) is 2.77. The lowest BCUT2D eigenvalue weighted by atomic mass is 9.92. The molecule has 0 saturated heterocycles. The van der Waals surface area contributed by atoms with E-state index in [2.05, 4.69) is 14.9 Å². The van der Waals surface area contributed by atoms with E-state index in [0.29, 0.717) is 5.69 Å². The Morgan fingerprint density at radius 3 is 2.50 bits per heavy atom. The predicted molar refractivity (Wildman–Crippen MR) is 75.3 cm³/mol. The summed E-state index contributed by atoms with van der Waals surface area (Å²) in [5.41, 5.74) is 0.430. The van der Waals surface area contributed by atoms with Crippen LogP contribution in [-0.2, 0) is 15.4 Å². The molecule has 0 fully saturated rings. The van der Waals surface area contributed by atoms with Crippen LogP contribution < -0.4 is 4.72 Å². The Labute approximate surface area is 122 Å². The number of halogens is 1. The molecule has 0 bridgehead atoms. The molecule has 1 N–H and O–H groups in total. The summed E-state index contributed by atoms with van der Waals surface area (Å²) in [5.74, 6) is 0.0601. The van der Waals surface area contributed by atoms with Crippen molar-refractivity contribution in [3.63, 3.8) is 0 Å². The van der Waals surface area contributed by atoms with Crippen molar-refractivity contribution < 1.29 is 12.9 Å². The third-order valence-electron chi connectivity index (χ3n) is 2.52. The normalized spacial score (nSPS) is 12.4. The van der Waals surface area contributed by atoms with Gasteiger partial charge in [-0.1, -0.05) is 37.5 Å². The topological polar surface area (TPSA) is 85.1 Å². The smallest absolute Gasteiger partial charge is 0.265 e. The van der Waals surface area contributed by atoms with E-state index in [9.17, 15) is 8.42 Å². The fourth-order valence-electron chi connectivity index (χ4n) is 1.39. The molecule has 0 aliphatic carbocycles. The largest absolute Gasteiger partial charge is 0.338 e. The zero-order chi connectivity index (χ0) is 15.0. The van der Waals surface area contributed by atoms with Gasteiger partial charge < -0.3 is 4.52 Å². The zero-order valence-corrected chi connectivity index (χ0v) is 12.8. The highest BCUT2D eigenvalue weighted by molar-refractivity contribution is 7.92. The number of hydrogen-bond donors (Lipinski definition) is 1. The second kappa shape index (κ2) is 5.06. The molecule has 0 radical (unpaired) electrons. The van der Waals surface area contributed by atoms with Gasteiger partial charge in [0.05, 0.1) is 5.69 Å². The van der Waals surface area contributed by atoms with Crippen LogP contribution in [0.4, 0.5) is 5.88 Å². The van der Waals surface area contributed by atoms with Gasteiger partial charge in [0.15, 0.2) is 0 Å². The second-order valence-corrected chi connectivity index (χ2v) is 7.32. The van der Waals surface area contributed by atoms with Gasteiger partial charge in [-0.15, -0.1) is 0 Å². The SMILES string of the molecule is CC(C)(C)c1cc(NS(=O)(=O)c2ccc(Cl)nc2)on1. The number of rotatable bonds is 3. The van der Waals surface area contributed by atoms with Crippen LogP contribution in [0.5, 0.6) is 0 Å². The lowest BCUT2D eigenvalue weighted by molar-refractivity contribution is 0.405. The molecule has 0 spiro atoms. The highest BCUT2D eigenvalue weighted by Crippen LogP contribution is 2.25. The number of aromatic nitrogens is 2. The predicted octanol–water partition coefficient (Wildman–Crippen LogP) is 2.82. The van der Waals surface area contributed by atoms with Crippen LogP contribution in [0.1, 0.15) is 26.5 Å². The molecule has 2 heterocycles. The van der Waals surface area contributed by atoms with Crippen molar-refractivity contribution in [2.24, 2.45) is 0 Å². The Morgan fingerprint density at radius 1 is 1.30 bits per heavy atom. The van der Waals surface area contributed by atoms with Crippen molar-refractivity contribution in [1.29, 1.82) is 0 Å². The minimum Gasteiger partial charge on any atom is -0.338 e. The molecule has 0 amide bonds.